The zero-order valence-electron chi connectivity index (χ0n) is 21.6. The van der Waals surface area contributed by atoms with Gasteiger partial charge < -0.3 is 10.6 Å². The van der Waals surface area contributed by atoms with Crippen LogP contribution < -0.4 is 16.1 Å². The first-order chi connectivity index (χ1) is 18.3. The molecule has 0 heterocycles. The lowest BCUT2D eigenvalue weighted by Crippen LogP contribution is -2.50. The first kappa shape index (κ1) is 28.2. The van der Waals surface area contributed by atoms with E-state index in [0.29, 0.717) is 24.8 Å². The maximum atomic E-state index is 13.3. The number of benzene rings is 3. The second-order valence-corrected chi connectivity index (χ2v) is 9.39. The quantitative estimate of drug-likeness (QED) is 0.244. The molecular formula is C30H33FN4O3. The Bertz CT molecular complexity index is 1220. The SMILES string of the molecule is CC(C)C[C@H](NC(=O)c1ccc(F)cc1)C(=O)N[C@H](/C=N/NC(=O)c1ccccc1)CCc1ccccc1. The van der Waals surface area contributed by atoms with Crippen LogP contribution in [0.25, 0.3) is 0 Å². The van der Waals surface area contributed by atoms with Crippen molar-refractivity contribution < 1.29 is 18.8 Å². The van der Waals surface area contributed by atoms with Crippen LogP contribution in [-0.4, -0.2) is 36.0 Å². The van der Waals surface area contributed by atoms with E-state index in [0.717, 1.165) is 5.56 Å². The number of hydrogen-bond acceptors (Lipinski definition) is 4. The van der Waals surface area contributed by atoms with Crippen molar-refractivity contribution in [1.82, 2.24) is 16.1 Å². The Hall–Kier alpha value is -4.33. The molecule has 0 bridgehead atoms. The minimum Gasteiger partial charge on any atom is -0.346 e. The van der Waals surface area contributed by atoms with Crippen LogP contribution in [0.15, 0.2) is 90.0 Å². The van der Waals surface area contributed by atoms with Crippen LogP contribution in [0.3, 0.4) is 0 Å². The number of hydrogen-bond donors (Lipinski definition) is 3. The zero-order valence-corrected chi connectivity index (χ0v) is 21.6. The maximum absolute atomic E-state index is 13.3. The highest BCUT2D eigenvalue weighted by molar-refractivity contribution is 5.98. The summed E-state index contributed by atoms with van der Waals surface area (Å²) in [6, 6.07) is 22.4. The maximum Gasteiger partial charge on any atom is 0.271 e. The van der Waals surface area contributed by atoms with Gasteiger partial charge in [0.1, 0.15) is 11.9 Å². The summed E-state index contributed by atoms with van der Waals surface area (Å²) in [5, 5.41) is 9.82. The predicted octanol–water partition coefficient (Wildman–Crippen LogP) is 4.50. The van der Waals surface area contributed by atoms with Gasteiger partial charge in [-0.15, -0.1) is 0 Å². The van der Waals surface area contributed by atoms with E-state index >= 15 is 0 Å². The first-order valence-electron chi connectivity index (χ1n) is 12.6. The Morgan fingerprint density at radius 1 is 0.816 bits per heavy atom. The number of halogens is 1. The van der Waals surface area contributed by atoms with Gasteiger partial charge in [0.2, 0.25) is 5.91 Å². The van der Waals surface area contributed by atoms with Crippen LogP contribution in [0.4, 0.5) is 4.39 Å². The lowest BCUT2D eigenvalue weighted by Gasteiger charge is -2.23. The molecule has 2 atom stereocenters. The van der Waals surface area contributed by atoms with Crippen LogP contribution in [-0.2, 0) is 11.2 Å². The van der Waals surface area contributed by atoms with Gasteiger partial charge >= 0.3 is 0 Å². The molecule has 0 saturated carbocycles. The number of nitrogens with zero attached hydrogens (tertiary/aromatic N) is 1. The summed E-state index contributed by atoms with van der Waals surface area (Å²) in [4.78, 5) is 38.4. The van der Waals surface area contributed by atoms with Crippen LogP contribution >= 0.6 is 0 Å². The number of carbonyl (C=O) groups is 3. The largest absolute Gasteiger partial charge is 0.346 e. The van der Waals surface area contributed by atoms with Crippen molar-refractivity contribution in [3.05, 3.63) is 107 Å². The number of hydrazone groups is 1. The molecule has 3 aromatic carbocycles. The standard InChI is InChI=1S/C30H33FN4O3/c1-21(2)19-27(34-28(36)24-14-16-25(31)17-15-24)30(38)33-26(18-13-22-9-5-3-6-10-22)20-32-35-29(37)23-11-7-4-8-12-23/h3-12,14-17,20-21,26-27H,13,18-19H2,1-2H3,(H,33,38)(H,34,36)(H,35,37)/b32-20+/t26-,27-/m0/s1. The summed E-state index contributed by atoms with van der Waals surface area (Å²) >= 11 is 0. The van der Waals surface area contributed by atoms with Gasteiger partial charge in [-0.3, -0.25) is 14.4 Å². The molecule has 0 spiro atoms. The molecule has 0 aliphatic carbocycles. The number of carbonyl (C=O) groups excluding carboxylic acids is 3. The second-order valence-electron chi connectivity index (χ2n) is 9.39. The third kappa shape index (κ3) is 9.28. The topological polar surface area (TPSA) is 99.7 Å². The van der Waals surface area contributed by atoms with E-state index < -0.39 is 23.8 Å². The van der Waals surface area contributed by atoms with Gasteiger partial charge in [-0.05, 0) is 67.1 Å². The molecular weight excluding hydrogens is 483 g/mol. The Balaban J connectivity index is 1.70. The molecule has 0 fully saturated rings. The Morgan fingerprint density at radius 2 is 1.42 bits per heavy atom. The van der Waals surface area contributed by atoms with Gasteiger partial charge in [0.05, 0.1) is 6.04 Å². The number of rotatable bonds is 12. The highest BCUT2D eigenvalue weighted by Crippen LogP contribution is 2.10. The fourth-order valence-electron chi connectivity index (χ4n) is 3.82. The lowest BCUT2D eigenvalue weighted by molar-refractivity contribution is -0.123. The van der Waals surface area contributed by atoms with Gasteiger partial charge in [0, 0.05) is 17.3 Å². The van der Waals surface area contributed by atoms with Crippen molar-refractivity contribution >= 4 is 23.9 Å². The second kappa shape index (κ2) is 14.4. The van der Waals surface area contributed by atoms with E-state index in [9.17, 15) is 18.8 Å². The zero-order chi connectivity index (χ0) is 27.3. The van der Waals surface area contributed by atoms with Gasteiger partial charge in [0.15, 0.2) is 0 Å². The van der Waals surface area contributed by atoms with E-state index in [1.54, 1.807) is 24.3 Å². The summed E-state index contributed by atoms with van der Waals surface area (Å²) in [5.74, 6) is -1.51. The summed E-state index contributed by atoms with van der Waals surface area (Å²) in [5.41, 5.74) is 4.32. The Labute approximate surface area is 222 Å². The molecule has 0 radical (unpaired) electrons. The van der Waals surface area contributed by atoms with Crippen molar-refractivity contribution in [2.75, 3.05) is 0 Å². The van der Waals surface area contributed by atoms with Gasteiger partial charge in [-0.25, -0.2) is 9.82 Å². The molecule has 0 aliphatic heterocycles. The van der Waals surface area contributed by atoms with E-state index in [4.69, 9.17) is 0 Å². The van der Waals surface area contributed by atoms with Crippen molar-refractivity contribution in [3.8, 4) is 0 Å². The Kier molecular flexibility index (Phi) is 10.7. The molecule has 38 heavy (non-hydrogen) atoms. The van der Waals surface area contributed by atoms with Gasteiger partial charge in [-0.2, -0.15) is 5.10 Å². The number of nitrogens with one attached hydrogen (secondary N) is 3. The van der Waals surface area contributed by atoms with Crippen LogP contribution in [0.1, 0.15) is 53.0 Å². The minimum absolute atomic E-state index is 0.126. The summed E-state index contributed by atoms with van der Waals surface area (Å²) in [7, 11) is 0. The van der Waals surface area contributed by atoms with Crippen LogP contribution in [0, 0.1) is 11.7 Å². The number of aryl methyl sites for hydroxylation is 1. The van der Waals surface area contributed by atoms with E-state index in [-0.39, 0.29) is 23.3 Å². The van der Waals surface area contributed by atoms with E-state index in [1.165, 1.54) is 30.5 Å². The fraction of sp³-hybridized carbons (Fsp3) is 0.267. The monoisotopic (exact) mass is 516 g/mol. The molecule has 3 rings (SSSR count). The smallest absolute Gasteiger partial charge is 0.271 e. The molecule has 0 saturated heterocycles. The predicted molar refractivity (Wildman–Crippen MR) is 146 cm³/mol. The molecule has 3 aromatic rings. The normalized spacial score (nSPS) is 12.6. The average molecular weight is 517 g/mol. The average Bonchev–Trinajstić information content (AvgIpc) is 2.92. The molecule has 3 N–H and O–H groups in total. The first-order valence-corrected chi connectivity index (χ1v) is 12.6. The molecule has 0 unspecified atom stereocenters. The third-order valence-corrected chi connectivity index (χ3v) is 5.81. The van der Waals surface area contributed by atoms with Crippen molar-refractivity contribution in [2.45, 2.75) is 45.2 Å². The lowest BCUT2D eigenvalue weighted by atomic mass is 10.0. The molecule has 7 nitrogen and oxygen atoms in total. The molecule has 3 amide bonds. The Morgan fingerprint density at radius 3 is 2.05 bits per heavy atom. The highest BCUT2D eigenvalue weighted by Gasteiger charge is 2.24. The van der Waals surface area contributed by atoms with Crippen molar-refractivity contribution in [2.24, 2.45) is 11.0 Å². The molecule has 0 aromatic heterocycles. The van der Waals surface area contributed by atoms with Gasteiger partial charge in [0.25, 0.3) is 11.8 Å². The van der Waals surface area contributed by atoms with Gasteiger partial charge in [-0.1, -0.05) is 62.4 Å². The summed E-state index contributed by atoms with van der Waals surface area (Å²) in [6.45, 7) is 3.91. The molecule has 0 aliphatic rings. The molecule has 198 valence electrons. The minimum atomic E-state index is -0.806. The fourth-order valence-corrected chi connectivity index (χ4v) is 3.82. The molecule has 8 heteroatoms. The summed E-state index contributed by atoms with van der Waals surface area (Å²) < 4.78 is 13.3. The summed E-state index contributed by atoms with van der Waals surface area (Å²) in [6.07, 6.45) is 3.10. The van der Waals surface area contributed by atoms with Crippen molar-refractivity contribution in [1.29, 1.82) is 0 Å². The highest BCUT2D eigenvalue weighted by atomic mass is 19.1. The van der Waals surface area contributed by atoms with Crippen LogP contribution in [0.5, 0.6) is 0 Å². The van der Waals surface area contributed by atoms with E-state index in [1.807, 2.05) is 50.2 Å². The number of amides is 3. The van der Waals surface area contributed by atoms with Crippen molar-refractivity contribution in [3.63, 3.8) is 0 Å². The van der Waals surface area contributed by atoms with Crippen LogP contribution in [0.2, 0.25) is 0 Å². The third-order valence-electron chi connectivity index (χ3n) is 5.81. The van der Waals surface area contributed by atoms with E-state index in [2.05, 4.69) is 21.2 Å².